The third kappa shape index (κ3) is 7.60. The summed E-state index contributed by atoms with van der Waals surface area (Å²) in [5, 5.41) is 2.54. The van der Waals surface area contributed by atoms with Crippen molar-refractivity contribution in [1.29, 1.82) is 0 Å². The first kappa shape index (κ1) is 24.2. The van der Waals surface area contributed by atoms with E-state index < -0.39 is 24.0 Å². The van der Waals surface area contributed by atoms with Crippen LogP contribution in [0.15, 0.2) is 30.3 Å². The molecule has 0 spiro atoms. The largest absolute Gasteiger partial charge is 0.497 e. The van der Waals surface area contributed by atoms with Crippen molar-refractivity contribution in [2.75, 3.05) is 7.11 Å². The Bertz CT molecular complexity index is 717. The molecule has 2 atom stereocenters. The maximum absolute atomic E-state index is 12.6. The summed E-state index contributed by atoms with van der Waals surface area (Å²) in [4.78, 5) is 38.5. The van der Waals surface area contributed by atoms with Gasteiger partial charge in [0.25, 0.3) is 5.91 Å². The Kier molecular flexibility index (Phi) is 9.38. The molecule has 0 saturated carbocycles. The van der Waals surface area contributed by atoms with Crippen molar-refractivity contribution in [3.05, 3.63) is 35.9 Å². The normalized spacial score (nSPS) is 13.3. The lowest BCUT2D eigenvalue weighted by molar-refractivity contribution is -0.162. The zero-order valence-electron chi connectivity index (χ0n) is 18.3. The van der Waals surface area contributed by atoms with Gasteiger partial charge in [0.05, 0.1) is 7.11 Å². The molecule has 1 rings (SSSR count). The van der Waals surface area contributed by atoms with Crippen molar-refractivity contribution in [2.45, 2.75) is 65.8 Å². The molecule has 1 aromatic rings. The summed E-state index contributed by atoms with van der Waals surface area (Å²) in [7, 11) is 1.58. The number of carbonyl (C=O) groups is 3. The molecule has 0 unspecified atom stereocenters. The van der Waals surface area contributed by atoms with E-state index >= 15 is 0 Å². The predicted octanol–water partition coefficient (Wildman–Crippen LogP) is 2.79. The van der Waals surface area contributed by atoms with Crippen LogP contribution in [0.1, 0.15) is 47.1 Å². The third-order valence-corrected chi connectivity index (χ3v) is 4.26. The summed E-state index contributed by atoms with van der Waals surface area (Å²) in [6.07, 6.45) is 2.03. The lowest BCUT2D eigenvalue weighted by atomic mass is 10.2. The van der Waals surface area contributed by atoms with E-state index in [9.17, 15) is 14.4 Å². The van der Waals surface area contributed by atoms with Gasteiger partial charge in [-0.25, -0.2) is 4.79 Å². The first-order chi connectivity index (χ1) is 13.6. The number of methoxy groups -OCH3 is 1. The van der Waals surface area contributed by atoms with Crippen molar-refractivity contribution in [3.8, 4) is 5.75 Å². The van der Waals surface area contributed by atoms with Crippen LogP contribution in [-0.2, 0) is 19.1 Å². The molecule has 0 radical (unpaired) electrons. The summed E-state index contributed by atoms with van der Waals surface area (Å²) >= 11 is 0. The van der Waals surface area contributed by atoms with Gasteiger partial charge in [-0.1, -0.05) is 12.1 Å². The molecule has 0 saturated heterocycles. The molecule has 0 aliphatic rings. The van der Waals surface area contributed by atoms with E-state index in [1.54, 1.807) is 30.2 Å². The number of ether oxygens (including phenoxy) is 2. The second-order valence-electron chi connectivity index (χ2n) is 7.35. The van der Waals surface area contributed by atoms with Gasteiger partial charge in [-0.05, 0) is 65.3 Å². The van der Waals surface area contributed by atoms with Gasteiger partial charge in [0.2, 0.25) is 5.91 Å². The van der Waals surface area contributed by atoms with Crippen LogP contribution in [0.5, 0.6) is 5.75 Å². The molecule has 0 heterocycles. The Balaban J connectivity index is 2.60. The molecule has 0 aliphatic heterocycles. The van der Waals surface area contributed by atoms with Crippen molar-refractivity contribution < 1.29 is 23.9 Å². The van der Waals surface area contributed by atoms with E-state index in [1.807, 2.05) is 39.8 Å². The molecular formula is C22H32N2O5. The fourth-order valence-corrected chi connectivity index (χ4v) is 2.85. The van der Waals surface area contributed by atoms with Gasteiger partial charge in [0.1, 0.15) is 11.8 Å². The first-order valence-corrected chi connectivity index (χ1v) is 9.72. The molecule has 29 heavy (non-hydrogen) atoms. The van der Waals surface area contributed by atoms with Crippen LogP contribution in [0.4, 0.5) is 0 Å². The molecule has 1 N–H and O–H groups in total. The van der Waals surface area contributed by atoms with Crippen molar-refractivity contribution >= 4 is 23.9 Å². The Hall–Kier alpha value is -2.83. The number of hydrogen-bond donors (Lipinski definition) is 1. The van der Waals surface area contributed by atoms with Crippen molar-refractivity contribution in [3.63, 3.8) is 0 Å². The van der Waals surface area contributed by atoms with E-state index in [-0.39, 0.29) is 18.0 Å². The van der Waals surface area contributed by atoms with Crippen molar-refractivity contribution in [2.24, 2.45) is 0 Å². The van der Waals surface area contributed by atoms with Gasteiger partial charge in [0.15, 0.2) is 6.10 Å². The topological polar surface area (TPSA) is 84.9 Å². The number of nitrogens with one attached hydrogen (secondary N) is 1. The number of rotatable bonds is 9. The SMILES string of the molecule is COc1ccc(/C=C\C(=O)N[C@@H](C)C(=O)O[C@H](C)C(=O)N(C(C)C)C(C)C)cc1. The van der Waals surface area contributed by atoms with Crippen LogP contribution >= 0.6 is 0 Å². The number of carbonyl (C=O) groups excluding carboxylic acids is 3. The molecule has 7 heteroatoms. The number of hydrogen-bond acceptors (Lipinski definition) is 5. The lowest BCUT2D eigenvalue weighted by Crippen LogP contribution is -2.49. The summed E-state index contributed by atoms with van der Waals surface area (Å²) < 4.78 is 10.3. The van der Waals surface area contributed by atoms with Crippen LogP contribution in [0.25, 0.3) is 6.08 Å². The van der Waals surface area contributed by atoms with E-state index in [0.29, 0.717) is 0 Å². The fraction of sp³-hybridized carbons (Fsp3) is 0.500. The average molecular weight is 405 g/mol. The number of nitrogens with zero attached hydrogens (tertiary/aromatic N) is 1. The third-order valence-electron chi connectivity index (χ3n) is 4.26. The minimum absolute atomic E-state index is 0.0103. The highest BCUT2D eigenvalue weighted by Gasteiger charge is 2.29. The Morgan fingerprint density at radius 1 is 0.966 bits per heavy atom. The van der Waals surface area contributed by atoms with Gasteiger partial charge in [-0.15, -0.1) is 0 Å². The van der Waals surface area contributed by atoms with Gasteiger partial charge >= 0.3 is 5.97 Å². The quantitative estimate of drug-likeness (QED) is 0.505. The number of amides is 2. The lowest BCUT2D eigenvalue weighted by Gasteiger charge is -2.33. The van der Waals surface area contributed by atoms with E-state index in [2.05, 4.69) is 5.32 Å². The summed E-state index contributed by atoms with van der Waals surface area (Å²) in [6.45, 7) is 10.7. The summed E-state index contributed by atoms with van der Waals surface area (Å²) in [6, 6.07) is 6.28. The Morgan fingerprint density at radius 2 is 1.52 bits per heavy atom. The van der Waals surface area contributed by atoms with Crippen LogP contribution in [0.3, 0.4) is 0 Å². The highest BCUT2D eigenvalue weighted by Crippen LogP contribution is 2.12. The molecule has 0 bridgehead atoms. The van der Waals surface area contributed by atoms with Gasteiger partial charge < -0.3 is 19.7 Å². The second-order valence-corrected chi connectivity index (χ2v) is 7.35. The average Bonchev–Trinajstić information content (AvgIpc) is 2.65. The number of esters is 1. The van der Waals surface area contributed by atoms with E-state index in [4.69, 9.17) is 9.47 Å². The summed E-state index contributed by atoms with van der Waals surface area (Å²) in [5.41, 5.74) is 0.817. The van der Waals surface area contributed by atoms with Crippen LogP contribution in [0.2, 0.25) is 0 Å². The van der Waals surface area contributed by atoms with Crippen molar-refractivity contribution in [1.82, 2.24) is 10.2 Å². The smallest absolute Gasteiger partial charge is 0.329 e. The maximum atomic E-state index is 12.6. The Morgan fingerprint density at radius 3 is 2.00 bits per heavy atom. The van der Waals surface area contributed by atoms with Gasteiger partial charge in [-0.3, -0.25) is 9.59 Å². The number of benzene rings is 1. The molecule has 0 aromatic heterocycles. The minimum Gasteiger partial charge on any atom is -0.497 e. The molecule has 160 valence electrons. The minimum atomic E-state index is -0.929. The van der Waals surface area contributed by atoms with Crippen LogP contribution in [-0.4, -0.2) is 54.0 Å². The van der Waals surface area contributed by atoms with Crippen LogP contribution in [0, 0.1) is 0 Å². The van der Waals surface area contributed by atoms with Gasteiger partial charge in [-0.2, -0.15) is 0 Å². The zero-order chi connectivity index (χ0) is 22.1. The fourth-order valence-electron chi connectivity index (χ4n) is 2.85. The molecule has 1 aromatic carbocycles. The van der Waals surface area contributed by atoms with Gasteiger partial charge in [0, 0.05) is 18.2 Å². The van der Waals surface area contributed by atoms with E-state index in [0.717, 1.165) is 11.3 Å². The zero-order valence-corrected chi connectivity index (χ0v) is 18.3. The summed E-state index contributed by atoms with van der Waals surface area (Å²) in [5.74, 6) is -0.638. The monoisotopic (exact) mass is 404 g/mol. The van der Waals surface area contributed by atoms with E-state index in [1.165, 1.54) is 19.9 Å². The highest BCUT2D eigenvalue weighted by molar-refractivity contribution is 5.95. The maximum Gasteiger partial charge on any atom is 0.329 e. The molecule has 2 amide bonds. The highest BCUT2D eigenvalue weighted by atomic mass is 16.5. The molecule has 0 aliphatic carbocycles. The molecule has 0 fully saturated rings. The second kappa shape index (κ2) is 11.2. The predicted molar refractivity (Wildman–Crippen MR) is 112 cm³/mol. The Labute approximate surface area is 173 Å². The first-order valence-electron chi connectivity index (χ1n) is 9.72. The molecule has 7 nitrogen and oxygen atoms in total. The molecular weight excluding hydrogens is 372 g/mol. The standard InChI is InChI=1S/C22H32N2O5/c1-14(2)24(15(3)4)21(26)17(6)29-22(27)16(5)23-20(25)13-10-18-8-11-19(28-7)12-9-18/h8-17H,1-7H3,(H,23,25)/b13-10-/t16-,17+/m0/s1. The van der Waals surface area contributed by atoms with Crippen LogP contribution < -0.4 is 10.1 Å².